The Kier molecular flexibility index (Phi) is 4.47. The van der Waals surface area contributed by atoms with Gasteiger partial charge in [-0.25, -0.2) is 12.8 Å². The van der Waals surface area contributed by atoms with E-state index in [1.165, 1.54) is 19.2 Å². The Morgan fingerprint density at radius 3 is 2.32 bits per heavy atom. The summed E-state index contributed by atoms with van der Waals surface area (Å²) in [5.74, 6) is -2.23. The molecule has 0 bridgehead atoms. The van der Waals surface area contributed by atoms with E-state index in [1.54, 1.807) is 0 Å². The highest BCUT2D eigenvalue weighted by Gasteiger charge is 2.44. The molecule has 1 aromatic carbocycles. The fourth-order valence-electron chi connectivity index (χ4n) is 3.17. The summed E-state index contributed by atoms with van der Waals surface area (Å²) in [6.45, 7) is 0. The third-order valence-electron chi connectivity index (χ3n) is 4.28. The molecule has 22 heavy (non-hydrogen) atoms. The van der Waals surface area contributed by atoms with E-state index in [-0.39, 0.29) is 11.3 Å². The minimum atomic E-state index is -3.88. The van der Waals surface area contributed by atoms with Crippen LogP contribution < -0.4 is 4.74 Å². The van der Waals surface area contributed by atoms with Crippen LogP contribution in [-0.2, 0) is 20.0 Å². The van der Waals surface area contributed by atoms with E-state index in [9.17, 15) is 22.7 Å². The maximum atomic E-state index is 14.9. The number of halogens is 1. The quantitative estimate of drug-likeness (QED) is 0.917. The first-order valence-corrected chi connectivity index (χ1v) is 8.93. The lowest BCUT2D eigenvalue weighted by atomic mass is 9.69. The first kappa shape index (κ1) is 16.7. The van der Waals surface area contributed by atoms with E-state index in [2.05, 4.69) is 0 Å². The highest BCUT2D eigenvalue weighted by Crippen LogP contribution is 2.43. The minimum Gasteiger partial charge on any atom is -0.495 e. The van der Waals surface area contributed by atoms with Crippen LogP contribution in [0.1, 0.15) is 37.7 Å². The summed E-state index contributed by atoms with van der Waals surface area (Å²) >= 11 is 0. The average molecular weight is 330 g/mol. The van der Waals surface area contributed by atoms with Crippen LogP contribution in [0.5, 0.6) is 5.75 Å². The number of aliphatic carboxylic acids is 1. The Balaban J connectivity index is 2.73. The zero-order valence-corrected chi connectivity index (χ0v) is 13.4. The molecule has 1 N–H and O–H groups in total. The highest BCUT2D eigenvalue weighted by molar-refractivity contribution is 7.90. The molecule has 0 heterocycles. The van der Waals surface area contributed by atoms with E-state index in [1.807, 2.05) is 0 Å². The van der Waals surface area contributed by atoms with Gasteiger partial charge in [0.05, 0.1) is 12.5 Å². The topological polar surface area (TPSA) is 80.7 Å². The van der Waals surface area contributed by atoms with Crippen molar-refractivity contribution in [3.63, 3.8) is 0 Å². The van der Waals surface area contributed by atoms with Crippen LogP contribution in [0, 0.1) is 5.82 Å². The molecule has 1 fully saturated rings. The number of hydrogen-bond donors (Lipinski definition) is 1. The molecular weight excluding hydrogens is 311 g/mol. The van der Waals surface area contributed by atoms with Crippen molar-refractivity contribution < 1.29 is 27.4 Å². The maximum Gasteiger partial charge on any atom is 0.314 e. The predicted molar refractivity (Wildman–Crippen MR) is 78.5 cm³/mol. The van der Waals surface area contributed by atoms with Crippen molar-refractivity contribution >= 4 is 15.8 Å². The molecule has 0 aliphatic heterocycles. The average Bonchev–Trinajstić information content (AvgIpc) is 2.45. The molecule has 5 nitrogen and oxygen atoms in total. The van der Waals surface area contributed by atoms with Crippen LogP contribution in [0.2, 0.25) is 0 Å². The number of carboxylic acids is 1. The summed E-state index contributed by atoms with van der Waals surface area (Å²) in [4.78, 5) is 11.2. The molecule has 1 aromatic rings. The molecule has 0 amide bonds. The summed E-state index contributed by atoms with van der Waals surface area (Å²) in [5, 5.41) is 9.64. The van der Waals surface area contributed by atoms with E-state index in [0.717, 1.165) is 12.7 Å². The van der Waals surface area contributed by atoms with Crippen LogP contribution in [0.25, 0.3) is 0 Å². The van der Waals surface area contributed by atoms with Crippen molar-refractivity contribution in [2.24, 2.45) is 0 Å². The number of hydrogen-bond acceptors (Lipinski definition) is 4. The van der Waals surface area contributed by atoms with Gasteiger partial charge in [-0.2, -0.15) is 0 Å². The van der Waals surface area contributed by atoms with Gasteiger partial charge in [0.15, 0.2) is 9.84 Å². The third kappa shape index (κ3) is 2.69. The van der Waals surface area contributed by atoms with Gasteiger partial charge in [0.25, 0.3) is 0 Å². The second kappa shape index (κ2) is 5.87. The van der Waals surface area contributed by atoms with Crippen molar-refractivity contribution in [2.75, 3.05) is 13.4 Å². The molecular formula is C15H19FO5S. The predicted octanol–water partition coefficient (Wildman–Crippen LogP) is 2.52. The number of carbonyl (C=O) groups is 1. The molecule has 0 spiro atoms. The summed E-state index contributed by atoms with van der Waals surface area (Å²) in [6.07, 6.45) is 3.72. The van der Waals surface area contributed by atoms with Gasteiger partial charge < -0.3 is 9.84 Å². The molecule has 0 saturated heterocycles. The van der Waals surface area contributed by atoms with Gasteiger partial charge in [0, 0.05) is 11.8 Å². The summed E-state index contributed by atoms with van der Waals surface area (Å²) < 4.78 is 43.6. The Morgan fingerprint density at radius 2 is 1.86 bits per heavy atom. The Morgan fingerprint density at radius 1 is 1.27 bits per heavy atom. The molecule has 1 saturated carbocycles. The molecule has 0 unspecified atom stereocenters. The summed E-state index contributed by atoms with van der Waals surface area (Å²) in [6, 6.07) is 2.66. The number of carboxylic acid groups (broad SMARTS) is 1. The fraction of sp³-hybridized carbons (Fsp3) is 0.533. The highest BCUT2D eigenvalue weighted by atomic mass is 32.2. The standard InChI is InChI=1S/C15H19FO5S/c1-21-11-7-6-10(12(16)13(11)22(2,19)20)15(14(17)18)8-4-3-5-9-15/h6-7H,3-5,8-9H2,1-2H3,(H,17,18). The number of methoxy groups -OCH3 is 1. The summed E-state index contributed by atoms with van der Waals surface area (Å²) in [5.41, 5.74) is -1.44. The number of sulfone groups is 1. The molecule has 0 aromatic heterocycles. The van der Waals surface area contributed by atoms with Crippen LogP contribution >= 0.6 is 0 Å². The van der Waals surface area contributed by atoms with Gasteiger partial charge in [-0.3, -0.25) is 4.79 Å². The second-order valence-corrected chi connectivity index (χ2v) is 7.63. The lowest BCUT2D eigenvalue weighted by Gasteiger charge is -2.34. The van der Waals surface area contributed by atoms with Crippen molar-refractivity contribution in [1.82, 2.24) is 0 Å². The van der Waals surface area contributed by atoms with Crippen molar-refractivity contribution in [3.05, 3.63) is 23.5 Å². The van der Waals surface area contributed by atoms with Gasteiger partial charge >= 0.3 is 5.97 Å². The monoisotopic (exact) mass is 330 g/mol. The van der Waals surface area contributed by atoms with Gasteiger partial charge in [-0.1, -0.05) is 25.3 Å². The van der Waals surface area contributed by atoms with E-state index in [4.69, 9.17) is 4.74 Å². The van der Waals surface area contributed by atoms with Crippen LogP contribution in [0.3, 0.4) is 0 Å². The molecule has 2 rings (SSSR count). The lowest BCUT2D eigenvalue weighted by Crippen LogP contribution is -2.39. The van der Waals surface area contributed by atoms with E-state index >= 15 is 0 Å². The largest absolute Gasteiger partial charge is 0.495 e. The van der Waals surface area contributed by atoms with Crippen LogP contribution in [0.15, 0.2) is 17.0 Å². The zero-order valence-electron chi connectivity index (χ0n) is 12.6. The normalized spacial score (nSPS) is 18.0. The molecule has 1 aliphatic carbocycles. The maximum absolute atomic E-state index is 14.9. The van der Waals surface area contributed by atoms with Crippen LogP contribution in [0.4, 0.5) is 4.39 Å². The second-order valence-electron chi connectivity index (χ2n) is 5.68. The lowest BCUT2D eigenvalue weighted by molar-refractivity contribution is -0.145. The SMILES string of the molecule is COc1ccc(C2(C(=O)O)CCCCC2)c(F)c1S(C)(=O)=O. The van der Waals surface area contributed by atoms with Gasteiger partial charge in [-0.15, -0.1) is 0 Å². The van der Waals surface area contributed by atoms with Gasteiger partial charge in [-0.05, 0) is 18.9 Å². The third-order valence-corrected chi connectivity index (χ3v) is 5.41. The van der Waals surface area contributed by atoms with Gasteiger partial charge in [0.2, 0.25) is 0 Å². The number of ether oxygens (including phenoxy) is 1. The van der Waals surface area contributed by atoms with Crippen molar-refractivity contribution in [3.8, 4) is 5.75 Å². The van der Waals surface area contributed by atoms with E-state index in [0.29, 0.717) is 25.7 Å². The molecule has 122 valence electrons. The van der Waals surface area contributed by atoms with E-state index < -0.39 is 31.9 Å². The molecule has 0 atom stereocenters. The summed E-state index contributed by atoms with van der Waals surface area (Å²) in [7, 11) is -2.64. The Labute approximate surface area is 129 Å². The molecule has 7 heteroatoms. The van der Waals surface area contributed by atoms with Gasteiger partial charge in [0.1, 0.15) is 16.5 Å². The number of benzene rings is 1. The first-order chi connectivity index (χ1) is 10.2. The molecule has 1 aliphatic rings. The fourth-order valence-corrected chi connectivity index (χ4v) is 4.12. The Bertz CT molecular complexity index is 690. The number of rotatable bonds is 4. The smallest absolute Gasteiger partial charge is 0.314 e. The Hall–Kier alpha value is -1.63. The first-order valence-electron chi connectivity index (χ1n) is 7.04. The zero-order chi connectivity index (χ0) is 16.5. The molecule has 0 radical (unpaired) electrons. The van der Waals surface area contributed by atoms with Crippen molar-refractivity contribution in [1.29, 1.82) is 0 Å². The minimum absolute atomic E-state index is 0.0686. The van der Waals surface area contributed by atoms with Crippen LogP contribution in [-0.4, -0.2) is 32.9 Å². The van der Waals surface area contributed by atoms with Crippen molar-refractivity contribution in [2.45, 2.75) is 42.4 Å².